The van der Waals surface area contributed by atoms with E-state index < -0.39 is 0 Å². The van der Waals surface area contributed by atoms with Crippen molar-refractivity contribution in [3.63, 3.8) is 0 Å². The van der Waals surface area contributed by atoms with E-state index in [0.717, 1.165) is 43.3 Å². The number of aliphatic imine (C=N–C) groups is 1. The maximum Gasteiger partial charge on any atom is 0.193 e. The molecule has 0 amide bonds. The Kier molecular flexibility index (Phi) is 8.88. The standard InChI is InChI=1S/C19H26FN5S.HI/c1-21-19(22-8-10-26-14-16-5-3-4-6-18(16)20)25-9-7-15(13-25)17-11-23-24(2)12-17;/h3-6,11-12,15H,7-10,13-14H2,1-2H3,(H,21,22);1H. The van der Waals surface area contributed by atoms with E-state index in [-0.39, 0.29) is 29.8 Å². The molecule has 1 aromatic carbocycles. The largest absolute Gasteiger partial charge is 0.355 e. The van der Waals surface area contributed by atoms with Gasteiger partial charge in [-0.2, -0.15) is 16.9 Å². The molecular weight excluding hydrogens is 476 g/mol. The van der Waals surface area contributed by atoms with Crippen LogP contribution in [0.2, 0.25) is 0 Å². The van der Waals surface area contributed by atoms with Gasteiger partial charge in [0.15, 0.2) is 5.96 Å². The summed E-state index contributed by atoms with van der Waals surface area (Å²) >= 11 is 1.73. The first-order valence-electron chi connectivity index (χ1n) is 8.92. The lowest BCUT2D eigenvalue weighted by Crippen LogP contribution is -2.40. The second-order valence-electron chi connectivity index (χ2n) is 6.50. The van der Waals surface area contributed by atoms with Crippen LogP contribution in [0.25, 0.3) is 0 Å². The number of likely N-dealkylation sites (tertiary alicyclic amines) is 1. The molecule has 1 unspecified atom stereocenters. The topological polar surface area (TPSA) is 45.5 Å². The molecule has 0 bridgehead atoms. The Hall–Kier alpha value is -1.29. The van der Waals surface area contributed by atoms with Gasteiger partial charge in [-0.3, -0.25) is 9.67 Å². The highest BCUT2D eigenvalue weighted by atomic mass is 127. The van der Waals surface area contributed by atoms with Gasteiger partial charge in [-0.1, -0.05) is 18.2 Å². The first-order chi connectivity index (χ1) is 12.7. The van der Waals surface area contributed by atoms with Crippen molar-refractivity contribution in [2.24, 2.45) is 12.0 Å². The summed E-state index contributed by atoms with van der Waals surface area (Å²) in [6.45, 7) is 2.79. The smallest absolute Gasteiger partial charge is 0.193 e. The molecule has 2 aromatic rings. The zero-order valence-corrected chi connectivity index (χ0v) is 18.9. The summed E-state index contributed by atoms with van der Waals surface area (Å²) in [5.41, 5.74) is 2.06. The van der Waals surface area contributed by atoms with Crippen molar-refractivity contribution in [1.82, 2.24) is 20.0 Å². The minimum absolute atomic E-state index is 0. The van der Waals surface area contributed by atoms with Crippen LogP contribution in [-0.4, -0.2) is 53.1 Å². The van der Waals surface area contributed by atoms with Crippen LogP contribution in [-0.2, 0) is 12.8 Å². The molecule has 1 fully saturated rings. The SMILES string of the molecule is CN=C(NCCSCc1ccccc1F)N1CCC(c2cnn(C)c2)C1.I. The summed E-state index contributed by atoms with van der Waals surface area (Å²) in [6.07, 6.45) is 5.18. The van der Waals surface area contributed by atoms with E-state index in [1.54, 1.807) is 17.8 Å². The van der Waals surface area contributed by atoms with Crippen LogP contribution in [0.1, 0.15) is 23.5 Å². The fourth-order valence-corrected chi connectivity index (χ4v) is 4.09. The monoisotopic (exact) mass is 503 g/mol. The quantitative estimate of drug-likeness (QED) is 0.284. The van der Waals surface area contributed by atoms with Gasteiger partial charge in [0.25, 0.3) is 0 Å². The highest BCUT2D eigenvalue weighted by molar-refractivity contribution is 14.0. The van der Waals surface area contributed by atoms with Gasteiger partial charge in [-0.15, -0.1) is 24.0 Å². The minimum Gasteiger partial charge on any atom is -0.355 e. The van der Waals surface area contributed by atoms with Crippen LogP contribution >= 0.6 is 35.7 Å². The summed E-state index contributed by atoms with van der Waals surface area (Å²) < 4.78 is 15.5. The number of nitrogens with one attached hydrogen (secondary N) is 1. The zero-order chi connectivity index (χ0) is 18.4. The van der Waals surface area contributed by atoms with Crippen LogP contribution in [0.4, 0.5) is 4.39 Å². The van der Waals surface area contributed by atoms with E-state index in [1.165, 1.54) is 11.6 Å². The average Bonchev–Trinajstić information content (AvgIpc) is 3.28. The molecule has 1 N–H and O–H groups in total. The Morgan fingerprint density at radius 2 is 2.22 bits per heavy atom. The van der Waals surface area contributed by atoms with Crippen LogP contribution < -0.4 is 5.32 Å². The number of rotatable bonds is 6. The lowest BCUT2D eigenvalue weighted by Gasteiger charge is -2.21. The van der Waals surface area contributed by atoms with Crippen LogP contribution in [0.15, 0.2) is 41.7 Å². The van der Waals surface area contributed by atoms with Gasteiger partial charge in [0.2, 0.25) is 0 Å². The summed E-state index contributed by atoms with van der Waals surface area (Å²) in [6, 6.07) is 6.97. The zero-order valence-electron chi connectivity index (χ0n) is 15.8. The third-order valence-electron chi connectivity index (χ3n) is 4.64. The van der Waals surface area contributed by atoms with Gasteiger partial charge in [-0.25, -0.2) is 4.39 Å². The molecule has 1 aliphatic rings. The molecule has 0 aliphatic carbocycles. The van der Waals surface area contributed by atoms with Crippen molar-refractivity contribution in [2.75, 3.05) is 32.4 Å². The van der Waals surface area contributed by atoms with E-state index in [0.29, 0.717) is 11.7 Å². The molecule has 0 spiro atoms. The first kappa shape index (κ1) is 22.0. The molecule has 1 aromatic heterocycles. The number of benzene rings is 1. The number of guanidine groups is 1. The Bertz CT molecular complexity index is 751. The number of nitrogens with zero attached hydrogens (tertiary/aromatic N) is 4. The maximum absolute atomic E-state index is 13.6. The third-order valence-corrected chi connectivity index (χ3v) is 5.65. The normalized spacial score (nSPS) is 17.1. The second kappa shape index (κ2) is 10.9. The molecule has 1 saturated heterocycles. The van der Waals surface area contributed by atoms with Gasteiger partial charge in [0.05, 0.1) is 6.20 Å². The number of aromatic nitrogens is 2. The summed E-state index contributed by atoms with van der Waals surface area (Å²) in [5, 5.41) is 7.71. The number of thioether (sulfide) groups is 1. The van der Waals surface area contributed by atoms with Crippen LogP contribution in [0, 0.1) is 5.82 Å². The molecule has 0 radical (unpaired) electrons. The van der Waals surface area contributed by atoms with Crippen molar-refractivity contribution in [3.05, 3.63) is 53.6 Å². The van der Waals surface area contributed by atoms with Crippen molar-refractivity contribution in [3.8, 4) is 0 Å². The predicted molar refractivity (Wildman–Crippen MR) is 121 cm³/mol. The lowest BCUT2D eigenvalue weighted by molar-refractivity contribution is 0.488. The molecule has 5 nitrogen and oxygen atoms in total. The van der Waals surface area contributed by atoms with Crippen molar-refractivity contribution in [1.29, 1.82) is 0 Å². The lowest BCUT2D eigenvalue weighted by atomic mass is 10.0. The summed E-state index contributed by atoms with van der Waals surface area (Å²) in [4.78, 5) is 6.72. The first-order valence-corrected chi connectivity index (χ1v) is 10.1. The fraction of sp³-hybridized carbons (Fsp3) is 0.474. The Balaban J connectivity index is 0.00000261. The minimum atomic E-state index is -0.123. The summed E-state index contributed by atoms with van der Waals surface area (Å²) in [5.74, 6) is 2.94. The van der Waals surface area contributed by atoms with Crippen LogP contribution in [0.5, 0.6) is 0 Å². The number of hydrogen-bond acceptors (Lipinski definition) is 3. The van der Waals surface area contributed by atoms with Gasteiger partial charge >= 0.3 is 0 Å². The van der Waals surface area contributed by atoms with E-state index >= 15 is 0 Å². The molecule has 1 atom stereocenters. The van der Waals surface area contributed by atoms with Gasteiger partial charge in [0, 0.05) is 57.4 Å². The van der Waals surface area contributed by atoms with E-state index in [2.05, 4.69) is 26.5 Å². The highest BCUT2D eigenvalue weighted by Crippen LogP contribution is 2.26. The van der Waals surface area contributed by atoms with Crippen molar-refractivity contribution in [2.45, 2.75) is 18.1 Å². The molecule has 27 heavy (non-hydrogen) atoms. The Morgan fingerprint density at radius 3 is 2.93 bits per heavy atom. The number of halogens is 2. The third kappa shape index (κ3) is 6.10. The van der Waals surface area contributed by atoms with E-state index in [1.807, 2.05) is 37.1 Å². The fourth-order valence-electron chi connectivity index (χ4n) is 3.24. The Morgan fingerprint density at radius 1 is 1.41 bits per heavy atom. The molecule has 2 heterocycles. The van der Waals surface area contributed by atoms with Gasteiger partial charge < -0.3 is 10.2 Å². The van der Waals surface area contributed by atoms with E-state index in [4.69, 9.17) is 0 Å². The number of hydrogen-bond donors (Lipinski definition) is 1. The average molecular weight is 503 g/mol. The molecule has 1 aliphatic heterocycles. The summed E-state index contributed by atoms with van der Waals surface area (Å²) in [7, 11) is 3.78. The molecule has 8 heteroatoms. The van der Waals surface area contributed by atoms with E-state index in [9.17, 15) is 4.39 Å². The molecule has 3 rings (SSSR count). The van der Waals surface area contributed by atoms with Gasteiger partial charge in [0.1, 0.15) is 5.82 Å². The van der Waals surface area contributed by atoms with Crippen LogP contribution in [0.3, 0.4) is 0 Å². The van der Waals surface area contributed by atoms with Gasteiger partial charge in [-0.05, 0) is 23.6 Å². The Labute approximate surface area is 181 Å². The second-order valence-corrected chi connectivity index (χ2v) is 7.60. The van der Waals surface area contributed by atoms with Crippen molar-refractivity contribution < 1.29 is 4.39 Å². The van der Waals surface area contributed by atoms with Crippen molar-refractivity contribution >= 4 is 41.7 Å². The highest BCUT2D eigenvalue weighted by Gasteiger charge is 2.26. The number of aryl methyl sites for hydroxylation is 1. The molecular formula is C19H27FIN5S. The predicted octanol–water partition coefficient (Wildman–Crippen LogP) is 3.48. The molecule has 0 saturated carbocycles. The molecule has 148 valence electrons. The maximum atomic E-state index is 13.6.